The number of nitrogens with zero attached hydrogens (tertiary/aromatic N) is 2. The average molecular weight is 603 g/mol. The number of nitrogens with one attached hydrogen (secondary N) is 1. The van der Waals surface area contributed by atoms with Gasteiger partial charge in [-0.15, -0.1) is 0 Å². The summed E-state index contributed by atoms with van der Waals surface area (Å²) in [7, 11) is -0.498. The van der Waals surface area contributed by atoms with E-state index >= 15 is 0 Å². The van der Waals surface area contributed by atoms with Gasteiger partial charge >= 0.3 is 12.2 Å². The van der Waals surface area contributed by atoms with Crippen LogP contribution in [0.5, 0.6) is 0 Å². The largest absolute Gasteiger partial charge is 0.455 e. The van der Waals surface area contributed by atoms with Gasteiger partial charge in [0.05, 0.1) is 17.0 Å². The summed E-state index contributed by atoms with van der Waals surface area (Å²) in [6.45, 7) is 0.545. The smallest absolute Gasteiger partial charge is 0.318 e. The number of benzene rings is 3. The summed E-state index contributed by atoms with van der Waals surface area (Å²) < 4.78 is 71.2. The zero-order chi connectivity index (χ0) is 29.3. The first-order valence-corrected chi connectivity index (χ1v) is 15.4. The molecule has 0 radical (unpaired) electrons. The summed E-state index contributed by atoms with van der Waals surface area (Å²) in [5.41, 5.74) is 3.04. The van der Waals surface area contributed by atoms with Crippen LogP contribution < -0.4 is 9.62 Å². The molecule has 12 heteroatoms. The minimum Gasteiger partial charge on any atom is -0.455 e. The molecule has 0 saturated carbocycles. The van der Waals surface area contributed by atoms with Crippen molar-refractivity contribution in [2.75, 3.05) is 31.5 Å². The molecule has 0 spiro atoms. The third-order valence-electron chi connectivity index (χ3n) is 7.33. The first-order valence-electron chi connectivity index (χ1n) is 13.0. The van der Waals surface area contributed by atoms with E-state index in [9.17, 15) is 22.0 Å². The molecule has 2 heterocycles. The van der Waals surface area contributed by atoms with Crippen molar-refractivity contribution in [2.45, 2.75) is 24.5 Å². The molecule has 1 fully saturated rings. The number of carbonyl (C=O) groups excluding carboxylic acids is 1. The first-order chi connectivity index (χ1) is 19.6. The van der Waals surface area contributed by atoms with Crippen LogP contribution in [0.3, 0.4) is 0 Å². The molecule has 216 valence electrons. The molecular formula is C29H30F2N3O5S2+. The molecule has 1 aliphatic rings. The van der Waals surface area contributed by atoms with Crippen LogP contribution in [0.15, 0.2) is 65.1 Å². The highest BCUT2D eigenvalue weighted by Gasteiger charge is 2.33. The van der Waals surface area contributed by atoms with Crippen LogP contribution in [0, 0.1) is 11.6 Å². The molecule has 1 aliphatic heterocycles. The number of furan rings is 1. The van der Waals surface area contributed by atoms with E-state index in [1.54, 1.807) is 23.5 Å². The van der Waals surface area contributed by atoms with Crippen molar-refractivity contribution in [1.82, 2.24) is 9.62 Å². The lowest BCUT2D eigenvalue weighted by atomic mass is 9.89. The van der Waals surface area contributed by atoms with Gasteiger partial charge in [0.15, 0.2) is 0 Å². The maximum Gasteiger partial charge on any atom is 0.318 e. The third kappa shape index (κ3) is 5.96. The Balaban J connectivity index is 1.58. The van der Waals surface area contributed by atoms with Crippen molar-refractivity contribution < 1.29 is 31.0 Å². The molecular weight excluding hydrogens is 572 g/mol. The fraction of sp³-hybridized carbons (Fsp3) is 0.276. The number of anilines is 1. The molecule has 0 unspecified atom stereocenters. The predicted molar refractivity (Wildman–Crippen MR) is 157 cm³/mol. The van der Waals surface area contributed by atoms with E-state index in [2.05, 4.69) is 5.32 Å². The molecule has 1 atom stereocenters. The SMILES string of the molecule is CNC(=O)c1c(-c2ccc(F)cc2)oc2cc(N(C)S[OH2+])c([C@H]3CCCN(S(=O)(=O)Cc4cccc(F)c4)C3)cc12. The molecule has 5 rings (SSSR count). The van der Waals surface area contributed by atoms with E-state index in [1.165, 1.54) is 53.8 Å². The van der Waals surface area contributed by atoms with Gasteiger partial charge in [-0.05, 0) is 72.4 Å². The van der Waals surface area contributed by atoms with E-state index in [0.717, 1.165) is 17.8 Å². The Kier molecular flexibility index (Phi) is 8.37. The van der Waals surface area contributed by atoms with Gasteiger partial charge < -0.3 is 14.3 Å². The number of hydrogen-bond acceptors (Lipinski definition) is 6. The van der Waals surface area contributed by atoms with Gasteiger partial charge in [0.2, 0.25) is 10.0 Å². The fourth-order valence-corrected chi connectivity index (χ4v) is 7.18. The zero-order valence-electron chi connectivity index (χ0n) is 22.5. The van der Waals surface area contributed by atoms with E-state index in [-0.39, 0.29) is 35.4 Å². The Morgan fingerprint density at radius 3 is 2.59 bits per heavy atom. The van der Waals surface area contributed by atoms with E-state index in [0.29, 0.717) is 47.2 Å². The van der Waals surface area contributed by atoms with Gasteiger partial charge in [-0.25, -0.2) is 21.5 Å². The highest BCUT2D eigenvalue weighted by atomic mass is 32.2. The van der Waals surface area contributed by atoms with E-state index in [4.69, 9.17) is 8.97 Å². The van der Waals surface area contributed by atoms with Crippen LogP contribution in [0.1, 0.15) is 40.2 Å². The molecule has 3 aromatic carbocycles. The molecule has 8 nitrogen and oxygen atoms in total. The number of sulfonamides is 1. The Morgan fingerprint density at radius 2 is 1.90 bits per heavy atom. The van der Waals surface area contributed by atoms with Gasteiger partial charge in [-0.1, -0.05) is 12.1 Å². The van der Waals surface area contributed by atoms with Crippen LogP contribution >= 0.6 is 12.2 Å². The van der Waals surface area contributed by atoms with Crippen molar-refractivity contribution in [3.05, 3.63) is 89.0 Å². The van der Waals surface area contributed by atoms with Crippen LogP contribution in [0.4, 0.5) is 14.5 Å². The van der Waals surface area contributed by atoms with Crippen LogP contribution in [0.2, 0.25) is 0 Å². The molecule has 0 bridgehead atoms. The Hall–Kier alpha value is -3.45. The normalized spacial score (nSPS) is 16.2. The van der Waals surface area contributed by atoms with Gasteiger partial charge in [0.1, 0.15) is 23.0 Å². The van der Waals surface area contributed by atoms with Gasteiger partial charge in [0, 0.05) is 44.2 Å². The summed E-state index contributed by atoms with van der Waals surface area (Å²) in [5, 5.41) is 3.18. The van der Waals surface area contributed by atoms with Crippen molar-refractivity contribution in [3.63, 3.8) is 0 Å². The van der Waals surface area contributed by atoms with E-state index in [1.807, 2.05) is 6.07 Å². The lowest BCUT2D eigenvalue weighted by Gasteiger charge is -2.33. The maximum atomic E-state index is 13.7. The first kappa shape index (κ1) is 29.1. The number of carbonyl (C=O) groups is 1. The van der Waals surface area contributed by atoms with Crippen molar-refractivity contribution in [2.24, 2.45) is 0 Å². The average Bonchev–Trinajstić information content (AvgIpc) is 3.34. The van der Waals surface area contributed by atoms with Crippen LogP contribution in [-0.2, 0) is 15.8 Å². The monoisotopic (exact) mass is 602 g/mol. The number of piperidine rings is 1. The standard InChI is InChI=1S/C29H29F2N3O5S2/c1-32-29(35)27-24-14-23(20-6-4-12-34(16-20)41(37,38)17-18-5-3-7-22(31)13-18)25(33(2)40-36)15-26(24)39-28(27)19-8-10-21(30)11-9-19/h3,5,7-11,13-15,20,36H,4,6,12,16-17H2,1-2H3,(H,32,35)/p+1/t20-/m0/s1. The summed E-state index contributed by atoms with van der Waals surface area (Å²) in [6, 6.07) is 14.8. The third-order valence-corrected chi connectivity index (χ3v) is 9.62. The second kappa shape index (κ2) is 11.8. The van der Waals surface area contributed by atoms with Crippen molar-refractivity contribution in [1.29, 1.82) is 0 Å². The summed E-state index contributed by atoms with van der Waals surface area (Å²) in [6.07, 6.45) is 1.30. The number of fused-ring (bicyclic) bond motifs is 1. The Morgan fingerprint density at radius 1 is 1.15 bits per heavy atom. The molecule has 0 aliphatic carbocycles. The quantitative estimate of drug-likeness (QED) is 0.170. The van der Waals surface area contributed by atoms with Crippen LogP contribution in [-0.4, -0.2) is 50.4 Å². The van der Waals surface area contributed by atoms with Crippen molar-refractivity contribution >= 4 is 44.8 Å². The second-order valence-corrected chi connectivity index (χ2v) is 12.7. The zero-order valence-corrected chi connectivity index (χ0v) is 24.1. The molecule has 1 amide bonds. The Labute approximate surface area is 241 Å². The predicted octanol–water partition coefficient (Wildman–Crippen LogP) is 5.17. The summed E-state index contributed by atoms with van der Waals surface area (Å²) >= 11 is 0.747. The second-order valence-electron chi connectivity index (χ2n) is 9.97. The maximum absolute atomic E-state index is 13.7. The summed E-state index contributed by atoms with van der Waals surface area (Å²) in [5.74, 6) is -1.55. The molecule has 3 N–H and O–H groups in total. The minimum absolute atomic E-state index is 0.199. The van der Waals surface area contributed by atoms with Gasteiger partial charge in [-0.2, -0.15) is 0 Å². The topological polar surface area (TPSA) is 106 Å². The molecule has 1 saturated heterocycles. The lowest BCUT2D eigenvalue weighted by molar-refractivity contribution is 0.0964. The highest BCUT2D eigenvalue weighted by molar-refractivity contribution is 7.95. The number of rotatable bonds is 8. The number of hydrogen-bond donors (Lipinski definition) is 1. The fourth-order valence-electron chi connectivity index (χ4n) is 5.33. The highest BCUT2D eigenvalue weighted by Crippen LogP contribution is 2.42. The molecule has 1 aromatic heterocycles. The molecule has 41 heavy (non-hydrogen) atoms. The number of amides is 1. The number of halogens is 2. The van der Waals surface area contributed by atoms with Gasteiger partial charge in [0.25, 0.3) is 5.91 Å². The minimum atomic E-state index is -3.74. The lowest BCUT2D eigenvalue weighted by Crippen LogP contribution is -2.40. The van der Waals surface area contributed by atoms with Crippen molar-refractivity contribution in [3.8, 4) is 11.3 Å². The Bertz CT molecular complexity index is 1690. The van der Waals surface area contributed by atoms with Gasteiger partial charge in [-0.3, -0.25) is 9.10 Å². The molecule has 4 aromatic rings. The van der Waals surface area contributed by atoms with Crippen LogP contribution in [0.25, 0.3) is 22.3 Å². The van der Waals surface area contributed by atoms with E-state index < -0.39 is 21.7 Å². The summed E-state index contributed by atoms with van der Waals surface area (Å²) in [4.78, 5) is 13.1.